The highest BCUT2D eigenvalue weighted by Crippen LogP contribution is 2.41. The number of nitrogens with zero attached hydrogens (tertiary/aromatic N) is 1. The van der Waals surface area contributed by atoms with E-state index >= 15 is 0 Å². The van der Waals surface area contributed by atoms with Crippen LogP contribution in [0.4, 0.5) is 0 Å². The van der Waals surface area contributed by atoms with Gasteiger partial charge in [-0.15, -0.1) is 0 Å². The first-order chi connectivity index (χ1) is 6.21. The highest BCUT2D eigenvalue weighted by atomic mass is 35.5. The van der Waals surface area contributed by atoms with E-state index in [0.29, 0.717) is 5.41 Å². The van der Waals surface area contributed by atoms with Crippen LogP contribution in [-0.2, 0) is 0 Å². The largest absolute Gasteiger partial charge is 0.236 e. The van der Waals surface area contributed by atoms with E-state index < -0.39 is 0 Å². The molecule has 0 N–H and O–H groups in total. The van der Waals surface area contributed by atoms with E-state index in [1.54, 1.807) is 11.9 Å². The predicted molar refractivity (Wildman–Crippen MR) is 66.4 cm³/mol. The van der Waals surface area contributed by atoms with Crippen molar-refractivity contribution in [3.05, 3.63) is 10.4 Å². The molecule has 0 amide bonds. The van der Waals surface area contributed by atoms with Gasteiger partial charge in [0, 0.05) is 12.1 Å². The molecule has 0 atom stereocenters. The van der Waals surface area contributed by atoms with Crippen LogP contribution in [0.5, 0.6) is 0 Å². The normalized spacial score (nSPS) is 20.0. The van der Waals surface area contributed by atoms with Gasteiger partial charge in [0.15, 0.2) is 0 Å². The monoisotopic (exact) mass is 233 g/mol. The van der Waals surface area contributed by atoms with E-state index in [4.69, 9.17) is 11.6 Å². The summed E-state index contributed by atoms with van der Waals surface area (Å²) in [5.74, 6) is 0. The number of hydrogen-bond donors (Lipinski definition) is 0. The van der Waals surface area contributed by atoms with Crippen LogP contribution >= 0.6 is 23.5 Å². The second-order valence-electron chi connectivity index (χ2n) is 5.71. The summed E-state index contributed by atoms with van der Waals surface area (Å²) in [5.41, 5.74) is 0.565. The van der Waals surface area contributed by atoms with Crippen LogP contribution in [0.15, 0.2) is 10.4 Å². The zero-order chi connectivity index (χ0) is 11.0. The van der Waals surface area contributed by atoms with Gasteiger partial charge in [-0.2, -0.15) is 0 Å². The molecule has 0 aromatic rings. The Hall–Kier alpha value is 0.340. The standard InChI is InChI=1S/C11H20ClNS/c1-10(2,3)8-11(4,5)13-7-6-9(12)14-13/h6H,7-8H2,1-5H3. The van der Waals surface area contributed by atoms with Gasteiger partial charge < -0.3 is 0 Å². The van der Waals surface area contributed by atoms with Crippen molar-refractivity contribution < 1.29 is 0 Å². The van der Waals surface area contributed by atoms with Crippen molar-refractivity contribution in [3.63, 3.8) is 0 Å². The van der Waals surface area contributed by atoms with Crippen LogP contribution in [0, 0.1) is 5.41 Å². The molecule has 0 bridgehead atoms. The molecule has 0 fully saturated rings. The van der Waals surface area contributed by atoms with E-state index in [-0.39, 0.29) is 5.54 Å². The van der Waals surface area contributed by atoms with Crippen molar-refractivity contribution in [1.82, 2.24) is 4.31 Å². The van der Waals surface area contributed by atoms with Crippen LogP contribution in [0.2, 0.25) is 0 Å². The summed E-state index contributed by atoms with van der Waals surface area (Å²) >= 11 is 7.64. The first-order valence-electron chi connectivity index (χ1n) is 5.02. The molecular weight excluding hydrogens is 214 g/mol. The fraction of sp³-hybridized carbons (Fsp3) is 0.818. The highest BCUT2D eigenvalue weighted by Gasteiger charge is 2.33. The molecule has 0 saturated carbocycles. The lowest BCUT2D eigenvalue weighted by Crippen LogP contribution is -2.40. The minimum absolute atomic E-state index is 0.204. The van der Waals surface area contributed by atoms with Gasteiger partial charge in [0.1, 0.15) is 0 Å². The van der Waals surface area contributed by atoms with Gasteiger partial charge in [0.2, 0.25) is 0 Å². The summed E-state index contributed by atoms with van der Waals surface area (Å²) in [6, 6.07) is 0. The third-order valence-electron chi connectivity index (χ3n) is 2.25. The summed E-state index contributed by atoms with van der Waals surface area (Å²) in [6.07, 6.45) is 3.25. The molecule has 0 aromatic carbocycles. The molecule has 1 aliphatic heterocycles. The van der Waals surface area contributed by atoms with Crippen molar-refractivity contribution in [2.24, 2.45) is 5.41 Å². The van der Waals surface area contributed by atoms with Crippen molar-refractivity contribution in [3.8, 4) is 0 Å². The lowest BCUT2D eigenvalue weighted by atomic mass is 9.82. The van der Waals surface area contributed by atoms with Crippen molar-refractivity contribution in [2.45, 2.75) is 46.6 Å². The Morgan fingerprint density at radius 2 is 1.93 bits per heavy atom. The third-order valence-corrected chi connectivity index (χ3v) is 3.82. The molecule has 1 rings (SSSR count). The van der Waals surface area contributed by atoms with E-state index in [1.807, 2.05) is 0 Å². The highest BCUT2D eigenvalue weighted by molar-refractivity contribution is 8.02. The second-order valence-corrected chi connectivity index (χ2v) is 7.40. The van der Waals surface area contributed by atoms with Gasteiger partial charge in [0.05, 0.1) is 4.36 Å². The zero-order valence-corrected chi connectivity index (χ0v) is 11.3. The van der Waals surface area contributed by atoms with Crippen molar-refractivity contribution in [1.29, 1.82) is 0 Å². The molecule has 0 aromatic heterocycles. The van der Waals surface area contributed by atoms with E-state index in [1.165, 1.54) is 6.42 Å². The fourth-order valence-corrected chi connectivity index (χ4v) is 3.23. The summed E-state index contributed by atoms with van der Waals surface area (Å²) in [4.78, 5) is 0. The molecule has 14 heavy (non-hydrogen) atoms. The van der Waals surface area contributed by atoms with Crippen molar-refractivity contribution in [2.75, 3.05) is 6.54 Å². The third kappa shape index (κ3) is 3.48. The number of rotatable bonds is 2. The molecule has 82 valence electrons. The van der Waals surface area contributed by atoms with Crippen molar-refractivity contribution >= 4 is 23.5 Å². The maximum atomic E-state index is 5.97. The van der Waals surface area contributed by atoms with Crippen LogP contribution < -0.4 is 0 Å². The van der Waals surface area contributed by atoms with E-state index in [2.05, 4.69) is 45.0 Å². The second kappa shape index (κ2) is 4.07. The average Bonchev–Trinajstić information content (AvgIpc) is 2.29. The summed E-state index contributed by atoms with van der Waals surface area (Å²) < 4.78 is 3.27. The Balaban J connectivity index is 2.58. The van der Waals surface area contributed by atoms with Gasteiger partial charge in [-0.25, -0.2) is 4.31 Å². The molecule has 0 saturated heterocycles. The minimum atomic E-state index is 0.204. The van der Waals surface area contributed by atoms with Crippen LogP contribution in [0.1, 0.15) is 41.0 Å². The SMILES string of the molecule is CC(C)(C)CC(C)(C)N1CC=C(Cl)S1. The number of halogens is 1. The lowest BCUT2D eigenvalue weighted by Gasteiger charge is -2.39. The fourth-order valence-electron chi connectivity index (χ4n) is 2.09. The van der Waals surface area contributed by atoms with Crippen LogP contribution in [0.3, 0.4) is 0 Å². The Kier molecular flexibility index (Phi) is 3.61. The van der Waals surface area contributed by atoms with Gasteiger partial charge >= 0.3 is 0 Å². The Labute approximate surface area is 97.0 Å². The summed E-state index contributed by atoms with van der Waals surface area (Å²) in [6.45, 7) is 12.4. The summed E-state index contributed by atoms with van der Waals surface area (Å²) in [7, 11) is 0. The predicted octanol–water partition coefficient (Wildman–Crippen LogP) is 4.25. The molecule has 0 radical (unpaired) electrons. The number of hydrogen-bond acceptors (Lipinski definition) is 2. The molecule has 3 heteroatoms. The molecule has 1 nitrogen and oxygen atoms in total. The van der Waals surface area contributed by atoms with Gasteiger partial charge in [-0.3, -0.25) is 0 Å². The Morgan fingerprint density at radius 3 is 2.29 bits per heavy atom. The maximum Gasteiger partial charge on any atom is 0.0862 e. The lowest BCUT2D eigenvalue weighted by molar-refractivity contribution is 0.179. The first kappa shape index (κ1) is 12.4. The van der Waals surface area contributed by atoms with Crippen LogP contribution in [-0.4, -0.2) is 16.4 Å². The topological polar surface area (TPSA) is 3.24 Å². The van der Waals surface area contributed by atoms with Crippen LogP contribution in [0.25, 0.3) is 0 Å². The Bertz CT molecular complexity index is 240. The smallest absolute Gasteiger partial charge is 0.0862 e. The molecular formula is C11H20ClNS. The molecule has 0 unspecified atom stereocenters. The quantitative estimate of drug-likeness (QED) is 0.657. The summed E-state index contributed by atoms with van der Waals surface area (Å²) in [5, 5.41) is 0. The molecule has 0 aliphatic carbocycles. The molecule has 1 heterocycles. The van der Waals surface area contributed by atoms with Gasteiger partial charge in [-0.1, -0.05) is 32.4 Å². The molecule has 0 spiro atoms. The molecule has 1 aliphatic rings. The van der Waals surface area contributed by atoms with Gasteiger partial charge in [0.25, 0.3) is 0 Å². The maximum absolute atomic E-state index is 5.97. The van der Waals surface area contributed by atoms with E-state index in [9.17, 15) is 0 Å². The van der Waals surface area contributed by atoms with Gasteiger partial charge in [-0.05, 0) is 43.7 Å². The van der Waals surface area contributed by atoms with E-state index in [0.717, 1.165) is 10.9 Å². The first-order valence-corrected chi connectivity index (χ1v) is 6.17. The Morgan fingerprint density at radius 1 is 1.36 bits per heavy atom. The average molecular weight is 234 g/mol. The zero-order valence-electron chi connectivity index (χ0n) is 9.72. The minimum Gasteiger partial charge on any atom is -0.236 e.